The second kappa shape index (κ2) is 7.09. The zero-order chi connectivity index (χ0) is 16.2. The van der Waals surface area contributed by atoms with E-state index >= 15 is 0 Å². The Bertz CT molecular complexity index is 677. The molecule has 1 aromatic carbocycles. The Kier molecular flexibility index (Phi) is 4.91. The quantitative estimate of drug-likeness (QED) is 0.944. The van der Waals surface area contributed by atoms with Gasteiger partial charge in [0.1, 0.15) is 0 Å². The van der Waals surface area contributed by atoms with Crippen LogP contribution in [0.5, 0.6) is 0 Å². The van der Waals surface area contributed by atoms with Crippen LogP contribution < -0.4 is 5.32 Å². The van der Waals surface area contributed by atoms with Crippen molar-refractivity contribution in [2.24, 2.45) is 5.92 Å². The summed E-state index contributed by atoms with van der Waals surface area (Å²) in [6.45, 7) is 7.61. The average Bonchev–Trinajstić information content (AvgIpc) is 2.56. The Morgan fingerprint density at radius 3 is 2.87 bits per heavy atom. The van der Waals surface area contributed by atoms with Gasteiger partial charge in [0.2, 0.25) is 0 Å². The molecule has 0 radical (unpaired) electrons. The van der Waals surface area contributed by atoms with Crippen molar-refractivity contribution in [2.45, 2.75) is 32.7 Å². The van der Waals surface area contributed by atoms with E-state index in [1.165, 1.54) is 12.8 Å². The molecule has 1 fully saturated rings. The molecular weight excluding hydrogens is 286 g/mol. The lowest BCUT2D eigenvalue weighted by atomic mass is 9.99. The first kappa shape index (κ1) is 15.9. The second-order valence-electron chi connectivity index (χ2n) is 6.80. The Balaban J connectivity index is 1.58. The molecule has 1 saturated heterocycles. The van der Waals surface area contributed by atoms with Gasteiger partial charge in [-0.05, 0) is 62.4 Å². The molecule has 1 atom stereocenters. The van der Waals surface area contributed by atoms with Gasteiger partial charge in [-0.2, -0.15) is 0 Å². The normalized spacial score (nSPS) is 18.0. The van der Waals surface area contributed by atoms with E-state index in [1.54, 1.807) is 6.20 Å². The lowest BCUT2D eigenvalue weighted by Crippen LogP contribution is -2.44. The Morgan fingerprint density at radius 1 is 1.30 bits per heavy atom. The fraction of sp³-hybridized carbons (Fsp3) is 0.474. The predicted molar refractivity (Wildman–Crippen MR) is 93.5 cm³/mol. The van der Waals surface area contributed by atoms with E-state index in [9.17, 15) is 4.79 Å². The summed E-state index contributed by atoms with van der Waals surface area (Å²) in [4.78, 5) is 19.0. The summed E-state index contributed by atoms with van der Waals surface area (Å²) in [7, 11) is 0. The minimum absolute atomic E-state index is 0.00147. The maximum absolute atomic E-state index is 12.4. The van der Waals surface area contributed by atoms with Crippen molar-refractivity contribution in [1.82, 2.24) is 15.2 Å². The fourth-order valence-corrected chi connectivity index (χ4v) is 3.21. The molecule has 23 heavy (non-hydrogen) atoms. The fourth-order valence-electron chi connectivity index (χ4n) is 3.21. The van der Waals surface area contributed by atoms with Gasteiger partial charge < -0.3 is 10.2 Å². The summed E-state index contributed by atoms with van der Waals surface area (Å²) in [6, 6.07) is 7.85. The zero-order valence-electron chi connectivity index (χ0n) is 14.0. The first-order valence-corrected chi connectivity index (χ1v) is 8.49. The minimum atomic E-state index is 0.00147. The summed E-state index contributed by atoms with van der Waals surface area (Å²) in [5, 5.41) is 5.22. The SMILES string of the molecule is CC1CCN(C[C@H](C)NC(=O)c2ccc3cnccc3c2)CC1. The standard InChI is InChI=1S/C19H25N3O/c1-14-6-9-22(10-7-14)13-15(2)21-19(23)17-3-4-18-12-20-8-5-16(18)11-17/h3-5,8,11-12,14-15H,6-7,9-10,13H2,1-2H3,(H,21,23)/t15-/m0/s1. The molecule has 2 heterocycles. The van der Waals surface area contributed by atoms with Gasteiger partial charge in [0, 0.05) is 35.9 Å². The number of hydrogen-bond acceptors (Lipinski definition) is 3. The van der Waals surface area contributed by atoms with Crippen molar-refractivity contribution < 1.29 is 4.79 Å². The number of amides is 1. The van der Waals surface area contributed by atoms with Crippen LogP contribution in [0.2, 0.25) is 0 Å². The summed E-state index contributed by atoms with van der Waals surface area (Å²) in [6.07, 6.45) is 6.10. The summed E-state index contributed by atoms with van der Waals surface area (Å²) in [5.74, 6) is 0.838. The van der Waals surface area contributed by atoms with Gasteiger partial charge in [-0.15, -0.1) is 0 Å². The van der Waals surface area contributed by atoms with Crippen LogP contribution in [0, 0.1) is 5.92 Å². The van der Waals surface area contributed by atoms with Crippen molar-refractivity contribution in [1.29, 1.82) is 0 Å². The highest BCUT2D eigenvalue weighted by Gasteiger charge is 2.18. The van der Waals surface area contributed by atoms with Crippen molar-refractivity contribution in [3.05, 3.63) is 42.2 Å². The highest BCUT2D eigenvalue weighted by molar-refractivity contribution is 5.98. The molecule has 0 unspecified atom stereocenters. The molecule has 0 aliphatic carbocycles. The van der Waals surface area contributed by atoms with Gasteiger partial charge in [0.25, 0.3) is 5.91 Å². The number of hydrogen-bond donors (Lipinski definition) is 1. The van der Waals surface area contributed by atoms with Crippen molar-refractivity contribution in [3.63, 3.8) is 0 Å². The number of aromatic nitrogens is 1. The molecule has 3 rings (SSSR count). The molecule has 0 saturated carbocycles. The number of carbonyl (C=O) groups is 1. The molecule has 1 aliphatic rings. The van der Waals surface area contributed by atoms with Gasteiger partial charge in [0.05, 0.1) is 0 Å². The van der Waals surface area contributed by atoms with Crippen LogP contribution in [0.15, 0.2) is 36.7 Å². The van der Waals surface area contributed by atoms with E-state index in [0.717, 1.165) is 36.3 Å². The minimum Gasteiger partial charge on any atom is -0.348 e. The van der Waals surface area contributed by atoms with E-state index in [4.69, 9.17) is 0 Å². The molecule has 0 bridgehead atoms. The molecule has 0 spiro atoms. The molecule has 1 aromatic heterocycles. The van der Waals surface area contributed by atoms with Crippen LogP contribution in [0.1, 0.15) is 37.0 Å². The number of piperidine rings is 1. The van der Waals surface area contributed by atoms with Crippen LogP contribution in [-0.2, 0) is 0 Å². The first-order chi connectivity index (χ1) is 11.1. The molecular formula is C19H25N3O. The zero-order valence-corrected chi connectivity index (χ0v) is 14.0. The van der Waals surface area contributed by atoms with E-state index < -0.39 is 0 Å². The summed E-state index contributed by atoms with van der Waals surface area (Å²) >= 11 is 0. The number of carbonyl (C=O) groups excluding carboxylic acids is 1. The van der Waals surface area contributed by atoms with Gasteiger partial charge in [-0.3, -0.25) is 9.78 Å². The number of nitrogens with one attached hydrogen (secondary N) is 1. The smallest absolute Gasteiger partial charge is 0.251 e. The summed E-state index contributed by atoms with van der Waals surface area (Å²) in [5.41, 5.74) is 0.711. The number of fused-ring (bicyclic) bond motifs is 1. The van der Waals surface area contributed by atoms with E-state index in [-0.39, 0.29) is 11.9 Å². The third-order valence-electron chi connectivity index (χ3n) is 4.69. The van der Waals surface area contributed by atoms with Gasteiger partial charge >= 0.3 is 0 Å². The third-order valence-corrected chi connectivity index (χ3v) is 4.69. The number of likely N-dealkylation sites (tertiary alicyclic amines) is 1. The topological polar surface area (TPSA) is 45.2 Å². The molecule has 2 aromatic rings. The molecule has 1 amide bonds. The lowest BCUT2D eigenvalue weighted by Gasteiger charge is -2.32. The van der Waals surface area contributed by atoms with Crippen LogP contribution >= 0.6 is 0 Å². The molecule has 1 N–H and O–H groups in total. The highest BCUT2D eigenvalue weighted by Crippen LogP contribution is 2.17. The van der Waals surface area contributed by atoms with Gasteiger partial charge in [0.15, 0.2) is 0 Å². The molecule has 1 aliphatic heterocycles. The first-order valence-electron chi connectivity index (χ1n) is 8.49. The van der Waals surface area contributed by atoms with Gasteiger partial charge in [-0.25, -0.2) is 0 Å². The van der Waals surface area contributed by atoms with Crippen LogP contribution in [-0.4, -0.2) is 41.5 Å². The van der Waals surface area contributed by atoms with Crippen molar-refractivity contribution in [3.8, 4) is 0 Å². The van der Waals surface area contributed by atoms with Crippen molar-refractivity contribution in [2.75, 3.05) is 19.6 Å². The maximum Gasteiger partial charge on any atom is 0.251 e. The van der Waals surface area contributed by atoms with E-state index in [0.29, 0.717) is 5.56 Å². The monoisotopic (exact) mass is 311 g/mol. The number of nitrogens with zero attached hydrogens (tertiary/aromatic N) is 2. The summed E-state index contributed by atoms with van der Waals surface area (Å²) < 4.78 is 0. The number of benzene rings is 1. The predicted octanol–water partition coefficient (Wildman–Crippen LogP) is 3.09. The molecule has 4 nitrogen and oxygen atoms in total. The Morgan fingerprint density at radius 2 is 2.09 bits per heavy atom. The lowest BCUT2D eigenvalue weighted by molar-refractivity contribution is 0.0921. The number of pyridine rings is 1. The van der Waals surface area contributed by atoms with Crippen LogP contribution in [0.3, 0.4) is 0 Å². The average molecular weight is 311 g/mol. The van der Waals surface area contributed by atoms with Gasteiger partial charge in [-0.1, -0.05) is 13.0 Å². The van der Waals surface area contributed by atoms with E-state index in [2.05, 4.69) is 29.0 Å². The van der Waals surface area contributed by atoms with E-state index in [1.807, 2.05) is 30.5 Å². The van der Waals surface area contributed by atoms with Crippen LogP contribution in [0.4, 0.5) is 0 Å². The van der Waals surface area contributed by atoms with Crippen LogP contribution in [0.25, 0.3) is 10.8 Å². The second-order valence-corrected chi connectivity index (χ2v) is 6.80. The number of rotatable bonds is 4. The third kappa shape index (κ3) is 4.08. The molecule has 4 heteroatoms. The molecule has 122 valence electrons. The largest absolute Gasteiger partial charge is 0.348 e. The Hall–Kier alpha value is -1.94. The maximum atomic E-state index is 12.4. The highest BCUT2D eigenvalue weighted by atomic mass is 16.1. The Labute approximate surface area is 137 Å². The van der Waals surface area contributed by atoms with Crippen molar-refractivity contribution >= 4 is 16.7 Å².